The van der Waals surface area contributed by atoms with Crippen molar-refractivity contribution < 1.29 is 14.6 Å². The second-order valence-electron chi connectivity index (χ2n) is 5.66. The van der Waals surface area contributed by atoms with Crippen molar-refractivity contribution in [1.82, 2.24) is 0 Å². The maximum atomic E-state index is 10.3. The minimum atomic E-state index is -0.479. The third kappa shape index (κ3) is 4.79. The van der Waals surface area contributed by atoms with Gasteiger partial charge in [-0.25, -0.2) is 0 Å². The minimum absolute atomic E-state index is 0.201. The van der Waals surface area contributed by atoms with E-state index in [2.05, 4.69) is 6.92 Å². The zero-order chi connectivity index (χ0) is 15.1. The lowest BCUT2D eigenvalue weighted by atomic mass is 10.0. The Balaban J connectivity index is 1.74. The average Bonchev–Trinajstić information content (AvgIpc) is 2.95. The van der Waals surface area contributed by atoms with Gasteiger partial charge in [-0.15, -0.1) is 0 Å². The standard InChI is InChI=1S/C17H25ClO3/c1-2-3-4-5-6-7-8-9-15(19)13-10-14(18)17-16(11-13)20-12-21-17/h10-11,15,19H,2-9,12H2,1H3. The fourth-order valence-corrected chi connectivity index (χ4v) is 2.91. The number of benzene rings is 1. The molecule has 0 amide bonds. The second kappa shape index (κ2) is 8.50. The molecule has 0 fully saturated rings. The first-order valence-electron chi connectivity index (χ1n) is 7.99. The lowest BCUT2D eigenvalue weighted by Crippen LogP contribution is -1.98. The molecule has 1 aliphatic rings. The van der Waals surface area contributed by atoms with Gasteiger partial charge in [-0.1, -0.05) is 63.5 Å². The zero-order valence-electron chi connectivity index (χ0n) is 12.7. The molecule has 0 saturated carbocycles. The number of fused-ring (bicyclic) bond motifs is 1. The van der Waals surface area contributed by atoms with E-state index < -0.39 is 6.10 Å². The number of unbranched alkanes of at least 4 members (excludes halogenated alkanes) is 6. The van der Waals surface area contributed by atoms with Crippen molar-refractivity contribution in [1.29, 1.82) is 0 Å². The van der Waals surface area contributed by atoms with E-state index in [1.165, 1.54) is 38.5 Å². The Morgan fingerprint density at radius 3 is 2.57 bits per heavy atom. The summed E-state index contributed by atoms with van der Waals surface area (Å²) in [5.74, 6) is 1.22. The largest absolute Gasteiger partial charge is 0.454 e. The quantitative estimate of drug-likeness (QED) is 0.633. The van der Waals surface area contributed by atoms with E-state index in [9.17, 15) is 5.11 Å². The van der Waals surface area contributed by atoms with Gasteiger partial charge in [0.1, 0.15) is 0 Å². The second-order valence-corrected chi connectivity index (χ2v) is 6.07. The summed E-state index contributed by atoms with van der Waals surface area (Å²) in [5, 5.41) is 10.8. The van der Waals surface area contributed by atoms with Crippen LogP contribution in [0.3, 0.4) is 0 Å². The summed E-state index contributed by atoms with van der Waals surface area (Å²) in [7, 11) is 0. The summed E-state index contributed by atoms with van der Waals surface area (Å²) < 4.78 is 10.6. The van der Waals surface area contributed by atoms with Crippen LogP contribution in [0.2, 0.25) is 5.02 Å². The van der Waals surface area contributed by atoms with Gasteiger partial charge in [0.05, 0.1) is 11.1 Å². The van der Waals surface area contributed by atoms with Crippen LogP contribution in [0.5, 0.6) is 11.5 Å². The van der Waals surface area contributed by atoms with Gasteiger partial charge >= 0.3 is 0 Å². The zero-order valence-corrected chi connectivity index (χ0v) is 13.5. The first-order chi connectivity index (χ1) is 10.2. The molecule has 118 valence electrons. The van der Waals surface area contributed by atoms with Crippen molar-refractivity contribution >= 4 is 11.6 Å². The number of aliphatic hydroxyl groups excluding tert-OH is 1. The molecular weight excluding hydrogens is 288 g/mol. The average molecular weight is 313 g/mol. The van der Waals surface area contributed by atoms with Crippen LogP contribution >= 0.6 is 11.6 Å². The number of hydrogen-bond acceptors (Lipinski definition) is 3. The molecule has 2 rings (SSSR count). The highest BCUT2D eigenvalue weighted by Crippen LogP contribution is 2.41. The minimum Gasteiger partial charge on any atom is -0.454 e. The highest BCUT2D eigenvalue weighted by Gasteiger charge is 2.20. The summed E-state index contributed by atoms with van der Waals surface area (Å²) in [6, 6.07) is 3.61. The van der Waals surface area contributed by atoms with E-state index >= 15 is 0 Å². The molecule has 1 atom stereocenters. The summed E-state index contributed by atoms with van der Waals surface area (Å²) in [6.45, 7) is 2.43. The van der Waals surface area contributed by atoms with E-state index in [1.807, 2.05) is 6.07 Å². The van der Waals surface area contributed by atoms with Crippen LogP contribution in [-0.2, 0) is 0 Å². The normalized spacial score (nSPS) is 14.4. The fourth-order valence-electron chi connectivity index (χ4n) is 2.64. The van der Waals surface area contributed by atoms with Crippen LogP contribution < -0.4 is 9.47 Å². The molecule has 3 nitrogen and oxygen atoms in total. The van der Waals surface area contributed by atoms with E-state index in [4.69, 9.17) is 21.1 Å². The third-order valence-electron chi connectivity index (χ3n) is 3.92. The van der Waals surface area contributed by atoms with Gasteiger partial charge in [-0.05, 0) is 24.1 Å². The molecule has 0 saturated heterocycles. The van der Waals surface area contributed by atoms with Gasteiger partial charge in [0, 0.05) is 0 Å². The summed E-state index contributed by atoms with van der Waals surface area (Å²) in [4.78, 5) is 0. The first kappa shape index (κ1) is 16.4. The fraction of sp³-hybridized carbons (Fsp3) is 0.647. The van der Waals surface area contributed by atoms with Gasteiger partial charge in [-0.2, -0.15) is 0 Å². The Bertz CT molecular complexity index is 448. The molecule has 1 aromatic rings. The predicted molar refractivity (Wildman–Crippen MR) is 85.1 cm³/mol. The molecule has 0 radical (unpaired) electrons. The molecule has 1 aliphatic heterocycles. The lowest BCUT2D eigenvalue weighted by Gasteiger charge is -2.12. The Morgan fingerprint density at radius 1 is 1.10 bits per heavy atom. The van der Waals surface area contributed by atoms with Crippen molar-refractivity contribution in [2.45, 2.75) is 64.4 Å². The maximum absolute atomic E-state index is 10.3. The maximum Gasteiger partial charge on any atom is 0.231 e. The SMILES string of the molecule is CCCCCCCCCC(O)c1cc(Cl)c2c(c1)OCO2. The molecule has 1 N–H and O–H groups in total. The molecule has 0 bridgehead atoms. The Kier molecular flexibility index (Phi) is 6.65. The molecule has 1 aromatic carbocycles. The van der Waals surface area contributed by atoms with Crippen molar-refractivity contribution in [3.05, 3.63) is 22.7 Å². The van der Waals surface area contributed by atoms with Crippen LogP contribution in [-0.4, -0.2) is 11.9 Å². The molecule has 4 heteroatoms. The summed E-state index contributed by atoms with van der Waals surface area (Å²) in [5.41, 5.74) is 0.815. The van der Waals surface area contributed by atoms with Crippen LogP contribution in [0.4, 0.5) is 0 Å². The summed E-state index contributed by atoms with van der Waals surface area (Å²) in [6.07, 6.45) is 9.02. The van der Waals surface area contributed by atoms with Crippen molar-refractivity contribution in [3.63, 3.8) is 0 Å². The van der Waals surface area contributed by atoms with Crippen molar-refractivity contribution in [2.75, 3.05) is 6.79 Å². The Hall–Kier alpha value is -0.930. The van der Waals surface area contributed by atoms with Crippen LogP contribution in [0, 0.1) is 0 Å². The smallest absolute Gasteiger partial charge is 0.231 e. The molecule has 0 aliphatic carbocycles. The first-order valence-corrected chi connectivity index (χ1v) is 8.37. The van der Waals surface area contributed by atoms with E-state index in [1.54, 1.807) is 6.07 Å². The van der Waals surface area contributed by atoms with E-state index in [-0.39, 0.29) is 6.79 Å². The van der Waals surface area contributed by atoms with Crippen LogP contribution in [0.15, 0.2) is 12.1 Å². The Morgan fingerprint density at radius 2 is 1.81 bits per heavy atom. The van der Waals surface area contributed by atoms with E-state index in [0.29, 0.717) is 16.5 Å². The van der Waals surface area contributed by atoms with Gasteiger partial charge in [0.2, 0.25) is 6.79 Å². The summed E-state index contributed by atoms with van der Waals surface area (Å²) >= 11 is 6.14. The van der Waals surface area contributed by atoms with Gasteiger partial charge < -0.3 is 14.6 Å². The van der Waals surface area contributed by atoms with Gasteiger partial charge in [-0.3, -0.25) is 0 Å². The van der Waals surface area contributed by atoms with Crippen LogP contribution in [0.1, 0.15) is 70.0 Å². The number of aliphatic hydroxyl groups is 1. The number of ether oxygens (including phenoxy) is 2. The highest BCUT2D eigenvalue weighted by molar-refractivity contribution is 6.32. The molecule has 1 unspecified atom stereocenters. The predicted octanol–water partition coefficient (Wildman–Crippen LogP) is 5.24. The van der Waals surface area contributed by atoms with E-state index in [0.717, 1.165) is 18.4 Å². The molecular formula is C17H25ClO3. The number of rotatable bonds is 9. The highest BCUT2D eigenvalue weighted by atomic mass is 35.5. The third-order valence-corrected chi connectivity index (χ3v) is 4.20. The molecule has 1 heterocycles. The monoisotopic (exact) mass is 312 g/mol. The molecule has 21 heavy (non-hydrogen) atoms. The molecule has 0 aromatic heterocycles. The lowest BCUT2D eigenvalue weighted by molar-refractivity contribution is 0.162. The molecule has 0 spiro atoms. The topological polar surface area (TPSA) is 38.7 Å². The van der Waals surface area contributed by atoms with Gasteiger partial charge in [0.15, 0.2) is 11.5 Å². The van der Waals surface area contributed by atoms with Gasteiger partial charge in [0.25, 0.3) is 0 Å². The van der Waals surface area contributed by atoms with Crippen molar-refractivity contribution in [2.24, 2.45) is 0 Å². The Labute approximate surface area is 132 Å². The number of hydrogen-bond donors (Lipinski definition) is 1. The number of halogens is 1. The van der Waals surface area contributed by atoms with Crippen LogP contribution in [0.25, 0.3) is 0 Å². The van der Waals surface area contributed by atoms with Crippen molar-refractivity contribution in [3.8, 4) is 11.5 Å².